The molecule has 0 aromatic carbocycles. The fourth-order valence-corrected chi connectivity index (χ4v) is 2.81. The average Bonchev–Trinajstić information content (AvgIpc) is 2.91. The quantitative estimate of drug-likeness (QED) is 0.688. The predicted octanol–water partition coefficient (Wildman–Crippen LogP) is 4.35. The van der Waals surface area contributed by atoms with Gasteiger partial charge in [-0.1, -0.05) is 51.5 Å². The van der Waals surface area contributed by atoms with Gasteiger partial charge >= 0.3 is 0 Å². The maximum atomic E-state index is 4.43. The number of nitrogens with one attached hydrogen (secondary N) is 1. The highest BCUT2D eigenvalue weighted by Gasteiger charge is 2.13. The van der Waals surface area contributed by atoms with E-state index >= 15 is 0 Å². The number of aromatic nitrogens is 2. The Morgan fingerprint density at radius 1 is 1.15 bits per heavy atom. The van der Waals surface area contributed by atoms with Gasteiger partial charge < -0.3 is 5.32 Å². The Balaban J connectivity index is 1.88. The molecule has 0 aliphatic heterocycles. The van der Waals surface area contributed by atoms with E-state index in [1.807, 2.05) is 30.0 Å². The fourth-order valence-electron chi connectivity index (χ4n) is 2.81. The third-order valence-corrected chi connectivity index (χ3v) is 4.03. The first-order chi connectivity index (χ1) is 9.86. The van der Waals surface area contributed by atoms with Crippen LogP contribution >= 0.6 is 0 Å². The Morgan fingerprint density at radius 3 is 2.75 bits per heavy atom. The van der Waals surface area contributed by atoms with E-state index in [9.17, 15) is 0 Å². The highest BCUT2D eigenvalue weighted by molar-refractivity contribution is 5.54. The number of pyridine rings is 1. The van der Waals surface area contributed by atoms with Crippen LogP contribution in [0.3, 0.4) is 0 Å². The Hall–Kier alpha value is -1.35. The van der Waals surface area contributed by atoms with Crippen molar-refractivity contribution in [3.63, 3.8) is 0 Å². The molecule has 1 atom stereocenters. The lowest BCUT2D eigenvalue weighted by atomic mass is 10.0. The van der Waals surface area contributed by atoms with E-state index in [-0.39, 0.29) is 0 Å². The molecule has 2 aromatic heterocycles. The van der Waals surface area contributed by atoms with Crippen LogP contribution < -0.4 is 5.32 Å². The lowest BCUT2D eigenvalue weighted by Crippen LogP contribution is -2.16. The summed E-state index contributed by atoms with van der Waals surface area (Å²) in [6, 6.07) is 6.67. The van der Waals surface area contributed by atoms with Crippen LogP contribution in [-0.4, -0.2) is 16.7 Å². The summed E-state index contributed by atoms with van der Waals surface area (Å²) in [7, 11) is 2.05. The molecule has 2 heterocycles. The van der Waals surface area contributed by atoms with Crippen LogP contribution in [-0.2, 0) is 0 Å². The Morgan fingerprint density at radius 2 is 1.95 bits per heavy atom. The molecule has 110 valence electrons. The topological polar surface area (TPSA) is 29.3 Å². The molecule has 20 heavy (non-hydrogen) atoms. The highest BCUT2D eigenvalue weighted by Crippen LogP contribution is 2.23. The SMILES string of the molecule is CCCCCCCCC(NC)c1cnn2ccccc12. The van der Waals surface area contributed by atoms with Crippen molar-refractivity contribution in [1.82, 2.24) is 14.9 Å². The fraction of sp³-hybridized carbons (Fsp3) is 0.588. The van der Waals surface area contributed by atoms with Crippen molar-refractivity contribution in [2.24, 2.45) is 0 Å². The average molecular weight is 273 g/mol. The van der Waals surface area contributed by atoms with Crippen LogP contribution in [0.5, 0.6) is 0 Å². The van der Waals surface area contributed by atoms with Gasteiger partial charge in [0.1, 0.15) is 0 Å². The van der Waals surface area contributed by atoms with Crippen molar-refractivity contribution in [2.45, 2.75) is 57.9 Å². The van der Waals surface area contributed by atoms with Gasteiger partial charge in [-0.2, -0.15) is 5.10 Å². The zero-order chi connectivity index (χ0) is 14.2. The molecule has 3 heteroatoms. The second kappa shape index (κ2) is 8.05. The Labute approximate surface area is 122 Å². The second-order valence-electron chi connectivity index (χ2n) is 5.53. The minimum absolute atomic E-state index is 0.418. The van der Waals surface area contributed by atoms with Gasteiger partial charge in [-0.05, 0) is 25.6 Å². The molecule has 0 amide bonds. The molecule has 0 spiro atoms. The maximum Gasteiger partial charge on any atom is 0.0709 e. The van der Waals surface area contributed by atoms with Gasteiger partial charge in [0.2, 0.25) is 0 Å². The summed E-state index contributed by atoms with van der Waals surface area (Å²) in [4.78, 5) is 0. The molecule has 0 radical (unpaired) electrons. The van der Waals surface area contributed by atoms with Crippen LogP contribution in [0.15, 0.2) is 30.6 Å². The predicted molar refractivity (Wildman–Crippen MR) is 85.0 cm³/mol. The maximum absolute atomic E-state index is 4.43. The van der Waals surface area contributed by atoms with Crippen molar-refractivity contribution < 1.29 is 0 Å². The van der Waals surface area contributed by atoms with Crippen molar-refractivity contribution in [3.05, 3.63) is 36.2 Å². The van der Waals surface area contributed by atoms with Crippen LogP contribution in [0, 0.1) is 0 Å². The summed E-state index contributed by atoms with van der Waals surface area (Å²) in [5.41, 5.74) is 2.54. The summed E-state index contributed by atoms with van der Waals surface area (Å²) in [5, 5.41) is 7.88. The van der Waals surface area contributed by atoms with Crippen LogP contribution in [0.4, 0.5) is 0 Å². The molecular formula is C17H27N3. The van der Waals surface area contributed by atoms with Gasteiger partial charge in [-0.25, -0.2) is 4.52 Å². The number of fused-ring (bicyclic) bond motifs is 1. The monoisotopic (exact) mass is 273 g/mol. The van der Waals surface area contributed by atoms with Crippen LogP contribution in [0.25, 0.3) is 5.52 Å². The summed E-state index contributed by atoms with van der Waals surface area (Å²) in [6.45, 7) is 2.27. The molecular weight excluding hydrogens is 246 g/mol. The van der Waals surface area contributed by atoms with Gasteiger partial charge in [0.05, 0.1) is 11.7 Å². The minimum Gasteiger partial charge on any atom is -0.313 e. The van der Waals surface area contributed by atoms with E-state index in [1.165, 1.54) is 56.0 Å². The second-order valence-corrected chi connectivity index (χ2v) is 5.53. The number of rotatable bonds is 9. The molecule has 1 unspecified atom stereocenters. The Bertz CT molecular complexity index is 504. The van der Waals surface area contributed by atoms with Gasteiger partial charge in [-0.15, -0.1) is 0 Å². The molecule has 0 aliphatic rings. The van der Waals surface area contributed by atoms with Gasteiger partial charge in [-0.3, -0.25) is 0 Å². The normalized spacial score (nSPS) is 12.9. The van der Waals surface area contributed by atoms with E-state index in [0.717, 1.165) is 0 Å². The zero-order valence-electron chi connectivity index (χ0n) is 12.8. The van der Waals surface area contributed by atoms with Crippen LogP contribution in [0.2, 0.25) is 0 Å². The molecule has 1 N–H and O–H groups in total. The van der Waals surface area contributed by atoms with E-state index in [1.54, 1.807) is 0 Å². The van der Waals surface area contributed by atoms with Gasteiger partial charge in [0, 0.05) is 17.8 Å². The number of hydrogen-bond donors (Lipinski definition) is 1. The largest absolute Gasteiger partial charge is 0.313 e. The van der Waals surface area contributed by atoms with Gasteiger partial charge in [0.25, 0.3) is 0 Å². The lowest BCUT2D eigenvalue weighted by Gasteiger charge is -2.15. The van der Waals surface area contributed by atoms with E-state index in [4.69, 9.17) is 0 Å². The first kappa shape index (κ1) is 15.0. The van der Waals surface area contributed by atoms with Crippen molar-refractivity contribution in [3.8, 4) is 0 Å². The molecule has 2 rings (SSSR count). The van der Waals surface area contributed by atoms with Crippen molar-refractivity contribution in [1.29, 1.82) is 0 Å². The molecule has 0 bridgehead atoms. The first-order valence-corrected chi connectivity index (χ1v) is 7.96. The molecule has 3 nitrogen and oxygen atoms in total. The first-order valence-electron chi connectivity index (χ1n) is 7.96. The van der Waals surface area contributed by atoms with E-state index in [0.29, 0.717) is 6.04 Å². The highest BCUT2D eigenvalue weighted by atomic mass is 15.2. The minimum atomic E-state index is 0.418. The smallest absolute Gasteiger partial charge is 0.0709 e. The third-order valence-electron chi connectivity index (χ3n) is 4.03. The standard InChI is InChI=1S/C17H27N3/c1-3-4-5-6-7-8-11-16(18-2)15-14-19-20-13-10-9-12-17(15)20/h9-10,12-14,16,18H,3-8,11H2,1-2H3. The number of unbranched alkanes of at least 4 members (excludes halogenated alkanes) is 5. The summed E-state index contributed by atoms with van der Waals surface area (Å²) >= 11 is 0. The zero-order valence-corrected chi connectivity index (χ0v) is 12.8. The number of nitrogens with zero attached hydrogens (tertiary/aromatic N) is 2. The van der Waals surface area contributed by atoms with Gasteiger partial charge in [0.15, 0.2) is 0 Å². The molecule has 0 fully saturated rings. The third kappa shape index (κ3) is 3.83. The van der Waals surface area contributed by atoms with Crippen LogP contribution in [0.1, 0.15) is 63.5 Å². The lowest BCUT2D eigenvalue weighted by molar-refractivity contribution is 0.500. The molecule has 0 saturated carbocycles. The molecule has 0 saturated heterocycles. The molecule has 0 aliphatic carbocycles. The summed E-state index contributed by atoms with van der Waals surface area (Å²) < 4.78 is 1.96. The number of hydrogen-bond acceptors (Lipinski definition) is 2. The molecule has 2 aromatic rings. The van der Waals surface area contributed by atoms with Crippen molar-refractivity contribution in [2.75, 3.05) is 7.05 Å². The summed E-state index contributed by atoms with van der Waals surface area (Å²) in [5.74, 6) is 0. The summed E-state index contributed by atoms with van der Waals surface area (Å²) in [6.07, 6.45) is 13.3. The van der Waals surface area contributed by atoms with E-state index < -0.39 is 0 Å². The Kier molecular flexibility index (Phi) is 6.06. The van der Waals surface area contributed by atoms with E-state index in [2.05, 4.69) is 29.5 Å². The van der Waals surface area contributed by atoms with Crippen molar-refractivity contribution >= 4 is 5.52 Å².